The molecule has 106 valence electrons. The molecule has 2 heterocycles. The number of carboxylic acid groups (broad SMARTS) is 1. The first kappa shape index (κ1) is 14.0. The fourth-order valence-electron chi connectivity index (χ4n) is 2.16. The van der Waals surface area contributed by atoms with Gasteiger partial charge >= 0.3 is 11.7 Å². The number of hydrogen-bond acceptors (Lipinski definition) is 4. The number of aliphatic carboxylic acids is 1. The lowest BCUT2D eigenvalue weighted by Crippen LogP contribution is -2.28. The van der Waals surface area contributed by atoms with Crippen LogP contribution in [0.5, 0.6) is 0 Å². The largest absolute Gasteiger partial charge is 0.481 e. The second kappa shape index (κ2) is 5.32. The average Bonchev–Trinajstić information content (AvgIpc) is 2.75. The highest BCUT2D eigenvalue weighted by Crippen LogP contribution is 2.13. The molecular weight excluding hydrogens is 260 g/mol. The van der Waals surface area contributed by atoms with Crippen LogP contribution in [0.2, 0.25) is 0 Å². The normalized spacial score (nSPS) is 10.8. The Hall–Kier alpha value is -2.37. The maximum Gasteiger partial charge on any atom is 0.348 e. The van der Waals surface area contributed by atoms with E-state index in [2.05, 4.69) is 4.98 Å². The molecule has 0 aromatic carbocycles. The molecule has 0 saturated heterocycles. The van der Waals surface area contributed by atoms with E-state index in [1.807, 2.05) is 13.0 Å². The molecule has 0 fully saturated rings. The van der Waals surface area contributed by atoms with E-state index in [0.29, 0.717) is 22.7 Å². The van der Waals surface area contributed by atoms with E-state index in [-0.39, 0.29) is 13.0 Å². The third-order valence-corrected chi connectivity index (χ3v) is 3.21. The molecular formula is C14H16N2O4. The molecule has 2 rings (SSSR count). The summed E-state index contributed by atoms with van der Waals surface area (Å²) in [7, 11) is 0. The second-order valence-electron chi connectivity index (χ2n) is 4.71. The van der Waals surface area contributed by atoms with Crippen LogP contribution in [0.1, 0.15) is 28.5 Å². The number of carbonyl (C=O) groups is 1. The predicted molar refractivity (Wildman–Crippen MR) is 71.9 cm³/mol. The van der Waals surface area contributed by atoms with Crippen LogP contribution in [0.3, 0.4) is 0 Å². The van der Waals surface area contributed by atoms with Crippen molar-refractivity contribution >= 4 is 5.97 Å². The van der Waals surface area contributed by atoms with Crippen LogP contribution in [-0.2, 0) is 17.8 Å². The van der Waals surface area contributed by atoms with Gasteiger partial charge in [0.1, 0.15) is 11.5 Å². The van der Waals surface area contributed by atoms with E-state index in [9.17, 15) is 9.59 Å². The molecule has 0 bridgehead atoms. The van der Waals surface area contributed by atoms with Gasteiger partial charge in [-0.05, 0) is 32.9 Å². The van der Waals surface area contributed by atoms with E-state index < -0.39 is 11.7 Å². The third kappa shape index (κ3) is 2.79. The second-order valence-corrected chi connectivity index (χ2v) is 4.71. The quantitative estimate of drug-likeness (QED) is 0.913. The molecule has 0 saturated carbocycles. The first-order chi connectivity index (χ1) is 9.38. The standard InChI is InChI=1S/C14H16N2O4/c1-8-4-5-11(20-8)7-16-10(3)12(6-13(17)18)9(2)15-14(16)19/h4-5H,6-7H2,1-3H3,(H,17,18). The Bertz CT molecular complexity index is 712. The summed E-state index contributed by atoms with van der Waals surface area (Å²) >= 11 is 0. The zero-order chi connectivity index (χ0) is 14.9. The van der Waals surface area contributed by atoms with Crippen LogP contribution in [-0.4, -0.2) is 20.6 Å². The van der Waals surface area contributed by atoms with Gasteiger partial charge in [0.05, 0.1) is 13.0 Å². The molecule has 2 aromatic rings. The maximum absolute atomic E-state index is 12.0. The fraction of sp³-hybridized carbons (Fsp3) is 0.357. The van der Waals surface area contributed by atoms with Crippen LogP contribution in [0.25, 0.3) is 0 Å². The fourth-order valence-corrected chi connectivity index (χ4v) is 2.16. The summed E-state index contributed by atoms with van der Waals surface area (Å²) in [6, 6.07) is 3.60. The molecule has 0 amide bonds. The van der Waals surface area contributed by atoms with Crippen LogP contribution in [0.4, 0.5) is 0 Å². The Morgan fingerprint density at radius 3 is 2.60 bits per heavy atom. The monoisotopic (exact) mass is 276 g/mol. The van der Waals surface area contributed by atoms with Crippen molar-refractivity contribution in [3.05, 3.63) is 51.1 Å². The minimum atomic E-state index is -0.947. The van der Waals surface area contributed by atoms with Gasteiger partial charge in [-0.2, -0.15) is 4.98 Å². The van der Waals surface area contributed by atoms with Gasteiger partial charge in [-0.3, -0.25) is 9.36 Å². The van der Waals surface area contributed by atoms with Gasteiger partial charge in [0, 0.05) is 17.0 Å². The number of aromatic nitrogens is 2. The highest BCUT2D eigenvalue weighted by atomic mass is 16.4. The lowest BCUT2D eigenvalue weighted by Gasteiger charge is -2.13. The van der Waals surface area contributed by atoms with Gasteiger partial charge in [0.2, 0.25) is 0 Å². The molecule has 6 nitrogen and oxygen atoms in total. The van der Waals surface area contributed by atoms with E-state index in [1.54, 1.807) is 19.9 Å². The van der Waals surface area contributed by atoms with Crippen LogP contribution in [0, 0.1) is 20.8 Å². The zero-order valence-corrected chi connectivity index (χ0v) is 11.6. The summed E-state index contributed by atoms with van der Waals surface area (Å²) in [5.74, 6) is 0.452. The van der Waals surface area contributed by atoms with E-state index >= 15 is 0 Å². The van der Waals surface area contributed by atoms with Gasteiger partial charge in [-0.15, -0.1) is 0 Å². The molecule has 0 aliphatic heterocycles. The van der Waals surface area contributed by atoms with E-state index in [0.717, 1.165) is 5.76 Å². The number of aryl methyl sites for hydroxylation is 2. The minimum Gasteiger partial charge on any atom is -0.481 e. The SMILES string of the molecule is Cc1ccc(Cn2c(C)c(CC(=O)O)c(C)nc2=O)o1. The first-order valence-corrected chi connectivity index (χ1v) is 6.22. The minimum absolute atomic E-state index is 0.151. The summed E-state index contributed by atoms with van der Waals surface area (Å²) in [5.41, 5.74) is 1.24. The van der Waals surface area contributed by atoms with Gasteiger partial charge in [0.15, 0.2) is 0 Å². The van der Waals surface area contributed by atoms with Crippen LogP contribution < -0.4 is 5.69 Å². The van der Waals surface area contributed by atoms with Gasteiger partial charge < -0.3 is 9.52 Å². The van der Waals surface area contributed by atoms with Crippen molar-refractivity contribution in [2.24, 2.45) is 0 Å². The van der Waals surface area contributed by atoms with Gasteiger partial charge in [-0.25, -0.2) is 4.79 Å². The zero-order valence-electron chi connectivity index (χ0n) is 11.6. The number of nitrogens with zero attached hydrogens (tertiary/aromatic N) is 2. The molecule has 0 aliphatic carbocycles. The maximum atomic E-state index is 12.0. The molecule has 0 unspecified atom stereocenters. The Morgan fingerprint density at radius 2 is 2.05 bits per heavy atom. The molecule has 6 heteroatoms. The first-order valence-electron chi connectivity index (χ1n) is 6.22. The molecule has 20 heavy (non-hydrogen) atoms. The van der Waals surface area contributed by atoms with Crippen LogP contribution >= 0.6 is 0 Å². The van der Waals surface area contributed by atoms with Crippen molar-refractivity contribution in [2.75, 3.05) is 0 Å². The number of rotatable bonds is 4. The van der Waals surface area contributed by atoms with Gasteiger partial charge in [0.25, 0.3) is 0 Å². The highest BCUT2D eigenvalue weighted by molar-refractivity contribution is 5.70. The number of carboxylic acids is 1. The molecule has 0 radical (unpaired) electrons. The summed E-state index contributed by atoms with van der Waals surface area (Å²) in [4.78, 5) is 26.8. The van der Waals surface area contributed by atoms with Crippen molar-refractivity contribution in [3.63, 3.8) is 0 Å². The number of furan rings is 1. The third-order valence-electron chi connectivity index (χ3n) is 3.21. The Balaban J connectivity index is 2.47. The predicted octanol–water partition coefficient (Wildman–Crippen LogP) is 1.44. The summed E-state index contributed by atoms with van der Waals surface area (Å²) in [5, 5.41) is 8.94. The molecule has 2 aromatic heterocycles. The lowest BCUT2D eigenvalue weighted by molar-refractivity contribution is -0.136. The van der Waals surface area contributed by atoms with Crippen molar-refractivity contribution < 1.29 is 14.3 Å². The highest BCUT2D eigenvalue weighted by Gasteiger charge is 2.15. The molecule has 1 N–H and O–H groups in total. The van der Waals surface area contributed by atoms with Crippen molar-refractivity contribution in [1.82, 2.24) is 9.55 Å². The number of hydrogen-bond donors (Lipinski definition) is 1. The van der Waals surface area contributed by atoms with Crippen molar-refractivity contribution in [1.29, 1.82) is 0 Å². The smallest absolute Gasteiger partial charge is 0.348 e. The average molecular weight is 276 g/mol. The Morgan fingerprint density at radius 1 is 1.35 bits per heavy atom. The van der Waals surface area contributed by atoms with E-state index in [1.165, 1.54) is 4.57 Å². The van der Waals surface area contributed by atoms with E-state index in [4.69, 9.17) is 9.52 Å². The molecule has 0 aliphatic rings. The Kier molecular flexibility index (Phi) is 3.74. The Labute approximate surface area is 115 Å². The summed E-state index contributed by atoms with van der Waals surface area (Å²) in [6.45, 7) is 5.44. The molecule has 0 spiro atoms. The lowest BCUT2D eigenvalue weighted by atomic mass is 10.1. The summed E-state index contributed by atoms with van der Waals surface area (Å²) in [6.07, 6.45) is -0.151. The molecule has 0 atom stereocenters. The van der Waals surface area contributed by atoms with Crippen molar-refractivity contribution in [3.8, 4) is 0 Å². The van der Waals surface area contributed by atoms with Crippen LogP contribution in [0.15, 0.2) is 21.3 Å². The van der Waals surface area contributed by atoms with Crippen molar-refractivity contribution in [2.45, 2.75) is 33.7 Å². The topological polar surface area (TPSA) is 85.3 Å². The van der Waals surface area contributed by atoms with Gasteiger partial charge in [-0.1, -0.05) is 0 Å². The summed E-state index contributed by atoms with van der Waals surface area (Å²) < 4.78 is 6.88.